The maximum absolute atomic E-state index is 13.0. The molecule has 0 aliphatic carbocycles. The molecule has 7 heteroatoms. The third-order valence-electron chi connectivity index (χ3n) is 4.92. The lowest BCUT2D eigenvalue weighted by Crippen LogP contribution is -2.35. The van der Waals surface area contributed by atoms with Crippen molar-refractivity contribution in [3.05, 3.63) is 46.2 Å². The van der Waals surface area contributed by atoms with Crippen LogP contribution in [0.15, 0.2) is 40.6 Å². The monoisotopic (exact) mass is 376 g/mol. The van der Waals surface area contributed by atoms with Crippen LogP contribution in [-0.4, -0.2) is 37.8 Å². The second kappa shape index (κ2) is 6.23. The molecule has 0 spiro atoms. The largest absolute Gasteiger partial charge is 0.304 e. The Kier molecular flexibility index (Phi) is 4.17. The normalized spacial score (nSPS) is 20.8. The molecule has 1 atom stereocenters. The van der Waals surface area contributed by atoms with Gasteiger partial charge in [-0.3, -0.25) is 4.79 Å². The second-order valence-electron chi connectivity index (χ2n) is 6.61. The number of para-hydroxylation sites is 1. The zero-order valence-electron chi connectivity index (χ0n) is 14.0. The summed E-state index contributed by atoms with van der Waals surface area (Å²) in [4.78, 5) is 15.5. The minimum absolute atomic E-state index is 0.0747. The zero-order chi connectivity index (χ0) is 17.6. The number of sulfonamides is 1. The first-order valence-electron chi connectivity index (χ1n) is 8.48. The van der Waals surface area contributed by atoms with Crippen LogP contribution in [0.2, 0.25) is 0 Å². The number of rotatable bonds is 3. The molecule has 5 nitrogen and oxygen atoms in total. The predicted molar refractivity (Wildman–Crippen MR) is 98.7 cm³/mol. The maximum Gasteiger partial charge on any atom is 0.268 e. The van der Waals surface area contributed by atoms with E-state index in [0.717, 1.165) is 30.5 Å². The number of thiophene rings is 1. The summed E-state index contributed by atoms with van der Waals surface area (Å²) in [5.74, 6) is -0.120. The molecule has 2 aromatic rings. The van der Waals surface area contributed by atoms with Crippen molar-refractivity contribution in [3.63, 3.8) is 0 Å². The van der Waals surface area contributed by atoms with Crippen LogP contribution in [0, 0.1) is 0 Å². The van der Waals surface area contributed by atoms with E-state index in [1.807, 2.05) is 31.2 Å². The number of hydrogen-bond acceptors (Lipinski definition) is 4. The lowest BCUT2D eigenvalue weighted by atomic mass is 10.1. The number of benzene rings is 1. The average molecular weight is 377 g/mol. The molecular formula is C18H20N2O3S2. The molecular weight excluding hydrogens is 356 g/mol. The Balaban J connectivity index is 1.63. The van der Waals surface area contributed by atoms with Gasteiger partial charge in [-0.25, -0.2) is 8.42 Å². The Morgan fingerprint density at radius 2 is 1.92 bits per heavy atom. The van der Waals surface area contributed by atoms with Gasteiger partial charge in [0.2, 0.25) is 10.0 Å². The second-order valence-corrected chi connectivity index (χ2v) is 9.46. The van der Waals surface area contributed by atoms with Crippen molar-refractivity contribution in [3.8, 4) is 0 Å². The molecule has 0 bridgehead atoms. The number of hydrogen-bond donors (Lipinski definition) is 0. The van der Waals surface area contributed by atoms with Crippen molar-refractivity contribution in [2.75, 3.05) is 18.0 Å². The molecule has 0 saturated carbocycles. The van der Waals surface area contributed by atoms with E-state index in [1.54, 1.807) is 10.3 Å². The van der Waals surface area contributed by atoms with Gasteiger partial charge in [-0.2, -0.15) is 4.31 Å². The third-order valence-corrected chi connectivity index (χ3v) is 7.86. The van der Waals surface area contributed by atoms with Gasteiger partial charge in [0.05, 0.1) is 9.77 Å². The number of anilines is 1. The topological polar surface area (TPSA) is 57.7 Å². The van der Waals surface area contributed by atoms with E-state index in [9.17, 15) is 13.2 Å². The van der Waals surface area contributed by atoms with Gasteiger partial charge in [0.25, 0.3) is 5.91 Å². The molecule has 1 fully saturated rings. The lowest BCUT2D eigenvalue weighted by Gasteiger charge is -2.22. The van der Waals surface area contributed by atoms with Crippen molar-refractivity contribution in [2.24, 2.45) is 0 Å². The number of amides is 1. The van der Waals surface area contributed by atoms with E-state index in [4.69, 9.17) is 0 Å². The summed E-state index contributed by atoms with van der Waals surface area (Å²) in [5.41, 5.74) is 2.09. The third kappa shape index (κ3) is 2.80. The fraction of sp³-hybridized carbons (Fsp3) is 0.389. The van der Waals surface area contributed by atoms with Gasteiger partial charge in [-0.1, -0.05) is 18.2 Å². The minimum atomic E-state index is -3.48. The quantitative estimate of drug-likeness (QED) is 0.827. The number of carbonyl (C=O) groups is 1. The highest BCUT2D eigenvalue weighted by Crippen LogP contribution is 2.34. The first kappa shape index (κ1) is 16.8. The minimum Gasteiger partial charge on any atom is -0.304 e. The highest BCUT2D eigenvalue weighted by molar-refractivity contribution is 7.89. The molecule has 2 aliphatic rings. The van der Waals surface area contributed by atoms with Gasteiger partial charge in [-0.05, 0) is 43.9 Å². The van der Waals surface area contributed by atoms with Gasteiger partial charge in [0.1, 0.15) is 0 Å². The van der Waals surface area contributed by atoms with Crippen molar-refractivity contribution in [1.82, 2.24) is 4.31 Å². The standard InChI is InChI=1S/C18H20N2O3S2/c1-13-10-14-6-2-3-7-16(14)20(13)18(21)17-11-15(12-24-17)25(22,23)19-8-4-5-9-19/h2-3,6-7,11-13H,4-5,8-10H2,1H3/t13-/m0/s1. The van der Waals surface area contributed by atoms with Crippen LogP contribution >= 0.6 is 11.3 Å². The highest BCUT2D eigenvalue weighted by Gasteiger charge is 2.33. The fourth-order valence-corrected chi connectivity index (χ4v) is 6.35. The Bertz CT molecular complexity index is 914. The number of fused-ring (bicyclic) bond motifs is 1. The van der Waals surface area contributed by atoms with Gasteiger partial charge >= 0.3 is 0 Å². The van der Waals surface area contributed by atoms with Crippen LogP contribution < -0.4 is 4.90 Å². The van der Waals surface area contributed by atoms with Crippen molar-refractivity contribution in [2.45, 2.75) is 37.1 Å². The maximum atomic E-state index is 13.0. The molecule has 0 radical (unpaired) electrons. The van der Waals surface area contributed by atoms with E-state index < -0.39 is 10.0 Å². The van der Waals surface area contributed by atoms with Crippen molar-refractivity contribution in [1.29, 1.82) is 0 Å². The highest BCUT2D eigenvalue weighted by atomic mass is 32.2. The zero-order valence-corrected chi connectivity index (χ0v) is 15.6. The fourth-order valence-electron chi connectivity index (χ4n) is 3.64. The summed E-state index contributed by atoms with van der Waals surface area (Å²) in [6.07, 6.45) is 2.63. The lowest BCUT2D eigenvalue weighted by molar-refractivity contribution is 0.0985. The molecule has 4 rings (SSSR count). The molecule has 132 valence electrons. The Hall–Kier alpha value is -1.70. The van der Waals surface area contributed by atoms with E-state index >= 15 is 0 Å². The van der Waals surface area contributed by atoms with Gasteiger partial charge in [-0.15, -0.1) is 11.3 Å². The summed E-state index contributed by atoms with van der Waals surface area (Å²) in [6, 6.07) is 9.50. The molecule has 25 heavy (non-hydrogen) atoms. The Labute approximate surface area is 151 Å². The van der Waals surface area contributed by atoms with Gasteiger partial charge < -0.3 is 4.90 Å². The average Bonchev–Trinajstić information content (AvgIpc) is 3.33. The Morgan fingerprint density at radius 3 is 2.68 bits per heavy atom. The van der Waals surface area contributed by atoms with Crippen LogP contribution in [0.1, 0.15) is 35.0 Å². The molecule has 0 unspecified atom stereocenters. The summed E-state index contributed by atoms with van der Waals surface area (Å²) in [7, 11) is -3.48. The van der Waals surface area contributed by atoms with E-state index in [0.29, 0.717) is 18.0 Å². The van der Waals surface area contributed by atoms with E-state index in [2.05, 4.69) is 0 Å². The number of carbonyl (C=O) groups excluding carboxylic acids is 1. The smallest absolute Gasteiger partial charge is 0.268 e. The molecule has 1 amide bonds. The number of nitrogens with zero attached hydrogens (tertiary/aromatic N) is 2. The van der Waals surface area contributed by atoms with Crippen LogP contribution in [-0.2, 0) is 16.4 Å². The Morgan fingerprint density at radius 1 is 1.20 bits per heavy atom. The van der Waals surface area contributed by atoms with E-state index in [-0.39, 0.29) is 16.8 Å². The van der Waals surface area contributed by atoms with Crippen LogP contribution in [0.25, 0.3) is 0 Å². The molecule has 1 aromatic heterocycles. The van der Waals surface area contributed by atoms with Gasteiger partial charge in [0.15, 0.2) is 0 Å². The summed E-state index contributed by atoms with van der Waals surface area (Å²) >= 11 is 1.21. The molecule has 0 N–H and O–H groups in total. The van der Waals surface area contributed by atoms with Crippen LogP contribution in [0.5, 0.6) is 0 Å². The SMILES string of the molecule is C[C@H]1Cc2ccccc2N1C(=O)c1cc(S(=O)(=O)N2CCCC2)cs1. The van der Waals surface area contributed by atoms with Crippen molar-refractivity contribution >= 4 is 33.0 Å². The summed E-state index contributed by atoms with van der Waals surface area (Å²) in [6.45, 7) is 3.16. The summed E-state index contributed by atoms with van der Waals surface area (Å²) in [5, 5.41) is 1.59. The van der Waals surface area contributed by atoms with Gasteiger partial charge in [0, 0.05) is 30.2 Å². The predicted octanol–water partition coefficient (Wildman–Crippen LogP) is 3.12. The molecule has 2 aliphatic heterocycles. The first-order chi connectivity index (χ1) is 12.0. The molecule has 1 saturated heterocycles. The molecule has 3 heterocycles. The molecule has 1 aromatic carbocycles. The van der Waals surface area contributed by atoms with Crippen LogP contribution in [0.3, 0.4) is 0 Å². The van der Waals surface area contributed by atoms with Crippen LogP contribution in [0.4, 0.5) is 5.69 Å². The first-order valence-corrected chi connectivity index (χ1v) is 10.8. The van der Waals surface area contributed by atoms with E-state index in [1.165, 1.54) is 21.7 Å². The van der Waals surface area contributed by atoms with Crippen molar-refractivity contribution < 1.29 is 13.2 Å². The summed E-state index contributed by atoms with van der Waals surface area (Å²) < 4.78 is 26.8.